The Morgan fingerprint density at radius 3 is 2.38 bits per heavy atom. The highest BCUT2D eigenvalue weighted by Gasteiger charge is 2.10. The van der Waals surface area contributed by atoms with Crippen molar-refractivity contribution in [2.75, 3.05) is 13.1 Å². The van der Waals surface area contributed by atoms with Crippen molar-refractivity contribution in [3.05, 3.63) is 35.4 Å². The maximum absolute atomic E-state index is 13.3. The van der Waals surface area contributed by atoms with Crippen molar-refractivity contribution in [1.29, 1.82) is 5.41 Å². The molecule has 0 amide bonds. The van der Waals surface area contributed by atoms with Crippen molar-refractivity contribution < 1.29 is 8.78 Å². The van der Waals surface area contributed by atoms with Crippen LogP contribution in [0.15, 0.2) is 18.2 Å². The molecule has 0 heterocycles. The fourth-order valence-corrected chi connectivity index (χ4v) is 1.56. The standard InChI is InChI=1S/C12H16F2N2/c1-3-16(4-2)12(15)7-9-5-6-10(13)8-11(9)14/h5-6,8,15H,3-4,7H2,1-2H3. The minimum atomic E-state index is -0.587. The summed E-state index contributed by atoms with van der Waals surface area (Å²) in [4.78, 5) is 1.84. The van der Waals surface area contributed by atoms with Gasteiger partial charge in [-0.25, -0.2) is 8.78 Å². The summed E-state index contributed by atoms with van der Waals surface area (Å²) < 4.78 is 26.0. The molecule has 1 aromatic rings. The highest BCUT2D eigenvalue weighted by atomic mass is 19.1. The van der Waals surface area contributed by atoms with E-state index in [9.17, 15) is 8.78 Å². The Labute approximate surface area is 94.4 Å². The third-order valence-electron chi connectivity index (χ3n) is 2.52. The van der Waals surface area contributed by atoms with E-state index in [-0.39, 0.29) is 6.42 Å². The first kappa shape index (κ1) is 12.6. The molecule has 0 radical (unpaired) electrons. The lowest BCUT2D eigenvalue weighted by molar-refractivity contribution is 0.453. The van der Waals surface area contributed by atoms with Gasteiger partial charge in [0, 0.05) is 25.6 Å². The number of hydrogen-bond acceptors (Lipinski definition) is 1. The third kappa shape index (κ3) is 3.02. The van der Waals surface area contributed by atoms with E-state index in [4.69, 9.17) is 5.41 Å². The molecule has 0 saturated heterocycles. The fraction of sp³-hybridized carbons (Fsp3) is 0.417. The van der Waals surface area contributed by atoms with Crippen LogP contribution in [0.5, 0.6) is 0 Å². The van der Waals surface area contributed by atoms with Gasteiger partial charge in [0.1, 0.15) is 17.5 Å². The van der Waals surface area contributed by atoms with Gasteiger partial charge in [0.15, 0.2) is 0 Å². The molecule has 0 bridgehead atoms. The minimum absolute atomic E-state index is 0.202. The number of rotatable bonds is 4. The minimum Gasteiger partial charge on any atom is -0.361 e. The van der Waals surface area contributed by atoms with Gasteiger partial charge in [0.2, 0.25) is 0 Å². The van der Waals surface area contributed by atoms with Gasteiger partial charge in [0.05, 0.1) is 0 Å². The average Bonchev–Trinajstić information content (AvgIpc) is 2.24. The second-order valence-electron chi connectivity index (χ2n) is 3.53. The van der Waals surface area contributed by atoms with Crippen LogP contribution in [0.3, 0.4) is 0 Å². The van der Waals surface area contributed by atoms with E-state index in [0.717, 1.165) is 19.2 Å². The number of nitrogens with zero attached hydrogens (tertiary/aromatic N) is 1. The topological polar surface area (TPSA) is 27.1 Å². The summed E-state index contributed by atoms with van der Waals surface area (Å²) in [6.07, 6.45) is 0.202. The molecule has 0 aliphatic rings. The molecule has 2 nitrogen and oxygen atoms in total. The Kier molecular flexibility index (Phi) is 4.40. The molecule has 16 heavy (non-hydrogen) atoms. The quantitative estimate of drug-likeness (QED) is 0.620. The van der Waals surface area contributed by atoms with Gasteiger partial charge in [-0.15, -0.1) is 0 Å². The number of halogens is 2. The maximum atomic E-state index is 13.3. The second kappa shape index (κ2) is 5.58. The first-order valence-electron chi connectivity index (χ1n) is 5.34. The van der Waals surface area contributed by atoms with Crippen molar-refractivity contribution >= 4 is 5.84 Å². The summed E-state index contributed by atoms with van der Waals surface area (Å²) in [6, 6.07) is 3.46. The Morgan fingerprint density at radius 2 is 1.88 bits per heavy atom. The zero-order valence-corrected chi connectivity index (χ0v) is 9.56. The Balaban J connectivity index is 2.76. The lowest BCUT2D eigenvalue weighted by Gasteiger charge is -2.21. The monoisotopic (exact) mass is 226 g/mol. The summed E-state index contributed by atoms with van der Waals surface area (Å²) in [6.45, 7) is 5.33. The zero-order chi connectivity index (χ0) is 12.1. The number of likely N-dealkylation sites (N-methyl/N-ethyl adjacent to an activating group) is 1. The molecular formula is C12H16F2N2. The van der Waals surface area contributed by atoms with E-state index in [0.29, 0.717) is 11.4 Å². The Morgan fingerprint density at radius 1 is 1.25 bits per heavy atom. The highest BCUT2D eigenvalue weighted by Crippen LogP contribution is 2.11. The molecule has 88 valence electrons. The van der Waals surface area contributed by atoms with Crippen LogP contribution in [0.25, 0.3) is 0 Å². The zero-order valence-electron chi connectivity index (χ0n) is 9.56. The van der Waals surface area contributed by atoms with E-state index >= 15 is 0 Å². The highest BCUT2D eigenvalue weighted by molar-refractivity contribution is 5.81. The molecule has 0 aromatic heterocycles. The fourth-order valence-electron chi connectivity index (χ4n) is 1.56. The summed E-state index contributed by atoms with van der Waals surface area (Å²) in [7, 11) is 0. The van der Waals surface area contributed by atoms with Crippen LogP contribution in [0.2, 0.25) is 0 Å². The van der Waals surface area contributed by atoms with Crippen LogP contribution in [-0.2, 0) is 6.42 Å². The molecule has 0 aliphatic heterocycles. The Bertz CT molecular complexity index is 373. The molecule has 4 heteroatoms. The molecule has 1 aromatic carbocycles. The third-order valence-corrected chi connectivity index (χ3v) is 2.52. The largest absolute Gasteiger partial charge is 0.361 e. The van der Waals surface area contributed by atoms with Crippen molar-refractivity contribution in [2.45, 2.75) is 20.3 Å². The number of nitrogens with one attached hydrogen (secondary N) is 1. The van der Waals surface area contributed by atoms with Crippen molar-refractivity contribution in [3.63, 3.8) is 0 Å². The van der Waals surface area contributed by atoms with E-state index in [1.165, 1.54) is 12.1 Å². The molecular weight excluding hydrogens is 210 g/mol. The predicted octanol–water partition coefficient (Wildman–Crippen LogP) is 2.83. The van der Waals surface area contributed by atoms with Crippen LogP contribution < -0.4 is 0 Å². The Hall–Kier alpha value is -1.45. The summed E-state index contributed by atoms with van der Waals surface area (Å²) >= 11 is 0. The first-order chi connectivity index (χ1) is 7.58. The molecule has 0 fully saturated rings. The van der Waals surface area contributed by atoms with Crippen LogP contribution in [0, 0.1) is 17.0 Å². The smallest absolute Gasteiger partial charge is 0.129 e. The van der Waals surface area contributed by atoms with E-state index in [1.807, 2.05) is 18.7 Å². The summed E-state index contributed by atoms with van der Waals surface area (Å²) in [5.74, 6) is -0.817. The van der Waals surface area contributed by atoms with Crippen LogP contribution in [0.4, 0.5) is 8.78 Å². The molecule has 0 spiro atoms. The van der Waals surface area contributed by atoms with E-state index in [2.05, 4.69) is 0 Å². The van der Waals surface area contributed by atoms with Gasteiger partial charge in [-0.3, -0.25) is 5.41 Å². The second-order valence-corrected chi connectivity index (χ2v) is 3.53. The summed E-state index contributed by atoms with van der Waals surface area (Å²) in [5, 5.41) is 7.80. The SMILES string of the molecule is CCN(CC)C(=N)Cc1ccc(F)cc1F. The predicted molar refractivity (Wildman–Crippen MR) is 60.7 cm³/mol. The van der Waals surface area contributed by atoms with Crippen LogP contribution in [0.1, 0.15) is 19.4 Å². The van der Waals surface area contributed by atoms with Gasteiger partial charge >= 0.3 is 0 Å². The molecule has 0 unspecified atom stereocenters. The lowest BCUT2D eigenvalue weighted by atomic mass is 10.1. The van der Waals surface area contributed by atoms with Gasteiger partial charge in [0.25, 0.3) is 0 Å². The normalized spacial score (nSPS) is 10.2. The van der Waals surface area contributed by atoms with Gasteiger partial charge in [-0.2, -0.15) is 0 Å². The maximum Gasteiger partial charge on any atom is 0.129 e. The van der Waals surface area contributed by atoms with E-state index in [1.54, 1.807) is 0 Å². The molecule has 1 N–H and O–H groups in total. The van der Waals surface area contributed by atoms with Gasteiger partial charge < -0.3 is 4.90 Å². The van der Waals surface area contributed by atoms with Gasteiger partial charge in [-0.1, -0.05) is 6.07 Å². The van der Waals surface area contributed by atoms with E-state index < -0.39 is 11.6 Å². The van der Waals surface area contributed by atoms with Crippen LogP contribution in [-0.4, -0.2) is 23.8 Å². The molecule has 0 saturated carbocycles. The summed E-state index contributed by atoms with van der Waals surface area (Å²) in [5.41, 5.74) is 0.360. The molecule has 0 atom stereocenters. The van der Waals surface area contributed by atoms with Crippen molar-refractivity contribution in [2.24, 2.45) is 0 Å². The average molecular weight is 226 g/mol. The first-order valence-corrected chi connectivity index (χ1v) is 5.34. The molecule has 1 rings (SSSR count). The van der Waals surface area contributed by atoms with Crippen molar-refractivity contribution in [3.8, 4) is 0 Å². The lowest BCUT2D eigenvalue weighted by Crippen LogP contribution is -2.31. The number of hydrogen-bond donors (Lipinski definition) is 1. The van der Waals surface area contributed by atoms with Crippen LogP contribution >= 0.6 is 0 Å². The van der Waals surface area contributed by atoms with Crippen molar-refractivity contribution in [1.82, 2.24) is 4.90 Å². The van der Waals surface area contributed by atoms with Gasteiger partial charge in [-0.05, 0) is 25.5 Å². The molecule has 0 aliphatic carbocycles. The number of amidine groups is 1. The number of benzene rings is 1.